The van der Waals surface area contributed by atoms with Gasteiger partial charge in [0.1, 0.15) is 0 Å². The molecule has 2 rings (SSSR count). The van der Waals surface area contributed by atoms with E-state index in [1.807, 2.05) is 0 Å². The van der Waals surface area contributed by atoms with Crippen LogP contribution in [0.4, 0.5) is 0 Å². The molecule has 0 spiro atoms. The van der Waals surface area contributed by atoms with Gasteiger partial charge < -0.3 is 10.2 Å². The third-order valence-electron chi connectivity index (χ3n) is 5.76. The summed E-state index contributed by atoms with van der Waals surface area (Å²) in [5.41, 5.74) is 0. The van der Waals surface area contributed by atoms with Gasteiger partial charge in [-0.05, 0) is 64.0 Å². The quantitative estimate of drug-likeness (QED) is 0.819. The molecule has 0 aliphatic heterocycles. The molecule has 0 bridgehead atoms. The number of likely N-dealkylation sites (N-methyl/N-ethyl adjacent to an activating group) is 2. The highest BCUT2D eigenvalue weighted by Gasteiger charge is 2.34. The Hall–Kier alpha value is -0.0800. The summed E-state index contributed by atoms with van der Waals surface area (Å²) < 4.78 is 0. The molecule has 2 aliphatic carbocycles. The normalized spacial score (nSPS) is 33.5. The third kappa shape index (κ3) is 3.95. The van der Waals surface area contributed by atoms with Crippen LogP contribution in [-0.2, 0) is 0 Å². The number of rotatable bonds is 5. The van der Waals surface area contributed by atoms with E-state index in [0.29, 0.717) is 6.04 Å². The molecule has 2 heteroatoms. The highest BCUT2D eigenvalue weighted by atomic mass is 15.2. The lowest BCUT2D eigenvalue weighted by atomic mass is 9.76. The third-order valence-corrected chi connectivity index (χ3v) is 5.76. The molecule has 0 heterocycles. The molecule has 0 aromatic carbocycles. The first-order valence-corrected chi connectivity index (χ1v) is 8.49. The van der Waals surface area contributed by atoms with Crippen LogP contribution in [0, 0.1) is 17.8 Å². The Morgan fingerprint density at radius 2 is 1.79 bits per heavy atom. The maximum atomic E-state index is 3.58. The minimum atomic E-state index is 0.710. The molecule has 1 N–H and O–H groups in total. The smallest absolute Gasteiger partial charge is 0.0249 e. The van der Waals surface area contributed by atoms with E-state index in [4.69, 9.17) is 0 Å². The molecular weight excluding hydrogens is 232 g/mol. The van der Waals surface area contributed by atoms with E-state index in [-0.39, 0.29) is 0 Å². The van der Waals surface area contributed by atoms with Crippen LogP contribution in [0.5, 0.6) is 0 Å². The Morgan fingerprint density at radius 1 is 1.11 bits per heavy atom. The van der Waals surface area contributed by atoms with Crippen molar-refractivity contribution >= 4 is 0 Å². The van der Waals surface area contributed by atoms with Crippen LogP contribution < -0.4 is 5.32 Å². The molecule has 2 fully saturated rings. The second-order valence-electron chi connectivity index (χ2n) is 7.37. The van der Waals surface area contributed by atoms with Crippen LogP contribution in [-0.4, -0.2) is 37.6 Å². The van der Waals surface area contributed by atoms with Gasteiger partial charge >= 0.3 is 0 Å². The second kappa shape index (κ2) is 7.08. The van der Waals surface area contributed by atoms with Crippen molar-refractivity contribution < 1.29 is 0 Å². The summed E-state index contributed by atoms with van der Waals surface area (Å²) in [7, 11) is 4.52. The fourth-order valence-electron chi connectivity index (χ4n) is 4.34. The summed E-state index contributed by atoms with van der Waals surface area (Å²) in [6.07, 6.45) is 10.0. The van der Waals surface area contributed by atoms with E-state index in [2.05, 4.69) is 38.2 Å². The average molecular weight is 266 g/mol. The summed E-state index contributed by atoms with van der Waals surface area (Å²) >= 11 is 0. The molecular formula is C17H34N2. The van der Waals surface area contributed by atoms with E-state index in [9.17, 15) is 0 Å². The first kappa shape index (κ1) is 15.3. The van der Waals surface area contributed by atoms with Crippen LogP contribution in [0.3, 0.4) is 0 Å². The first-order valence-electron chi connectivity index (χ1n) is 8.49. The summed E-state index contributed by atoms with van der Waals surface area (Å²) in [4.78, 5) is 2.69. The van der Waals surface area contributed by atoms with Crippen LogP contribution in [0.2, 0.25) is 0 Å². The highest BCUT2D eigenvalue weighted by molar-refractivity contribution is 4.91. The lowest BCUT2D eigenvalue weighted by molar-refractivity contribution is 0.0940. The zero-order valence-electron chi connectivity index (χ0n) is 13.5. The van der Waals surface area contributed by atoms with Crippen LogP contribution in [0.1, 0.15) is 58.8 Å². The number of hydrogen-bond donors (Lipinski definition) is 1. The minimum absolute atomic E-state index is 0.710. The van der Waals surface area contributed by atoms with Crippen molar-refractivity contribution in [3.63, 3.8) is 0 Å². The van der Waals surface area contributed by atoms with E-state index in [1.165, 1.54) is 51.5 Å². The lowest BCUT2D eigenvalue weighted by Gasteiger charge is -2.43. The molecule has 0 saturated heterocycles. The molecule has 0 aromatic heterocycles. The van der Waals surface area contributed by atoms with Crippen LogP contribution in [0.25, 0.3) is 0 Å². The van der Waals surface area contributed by atoms with Crippen molar-refractivity contribution in [2.24, 2.45) is 17.8 Å². The number of nitrogens with one attached hydrogen (secondary N) is 1. The van der Waals surface area contributed by atoms with Crippen molar-refractivity contribution in [3.05, 3.63) is 0 Å². The Labute approximate surface area is 120 Å². The van der Waals surface area contributed by atoms with Crippen LogP contribution >= 0.6 is 0 Å². The molecule has 0 radical (unpaired) electrons. The number of hydrogen-bond acceptors (Lipinski definition) is 2. The van der Waals surface area contributed by atoms with Gasteiger partial charge in [-0.1, -0.05) is 26.7 Å². The SMILES string of the molecule is CNC1CCC(C(C)C)CC1N(C)CC1CCCC1. The topological polar surface area (TPSA) is 15.3 Å². The molecule has 2 nitrogen and oxygen atoms in total. The first-order chi connectivity index (χ1) is 9.11. The van der Waals surface area contributed by atoms with Gasteiger partial charge in [-0.25, -0.2) is 0 Å². The Morgan fingerprint density at radius 3 is 2.37 bits per heavy atom. The van der Waals surface area contributed by atoms with Crippen molar-refractivity contribution in [1.29, 1.82) is 0 Å². The lowest BCUT2D eigenvalue weighted by Crippen LogP contribution is -2.52. The monoisotopic (exact) mass is 266 g/mol. The minimum Gasteiger partial charge on any atom is -0.315 e. The Kier molecular flexibility index (Phi) is 5.70. The molecule has 2 aliphatic rings. The maximum absolute atomic E-state index is 3.58. The summed E-state index contributed by atoms with van der Waals surface area (Å²) in [6, 6.07) is 1.47. The highest BCUT2D eigenvalue weighted by Crippen LogP contribution is 2.34. The predicted molar refractivity (Wildman–Crippen MR) is 83.4 cm³/mol. The molecule has 0 aromatic rings. The summed E-state index contributed by atoms with van der Waals surface area (Å²) in [5.74, 6) is 2.75. The van der Waals surface area contributed by atoms with Gasteiger partial charge in [0, 0.05) is 18.6 Å². The van der Waals surface area contributed by atoms with Crippen molar-refractivity contribution in [3.8, 4) is 0 Å². The molecule has 19 heavy (non-hydrogen) atoms. The molecule has 3 unspecified atom stereocenters. The van der Waals surface area contributed by atoms with E-state index in [0.717, 1.165) is 23.8 Å². The van der Waals surface area contributed by atoms with Gasteiger partial charge in [-0.2, -0.15) is 0 Å². The van der Waals surface area contributed by atoms with Gasteiger partial charge in [0.25, 0.3) is 0 Å². The second-order valence-corrected chi connectivity index (χ2v) is 7.37. The average Bonchev–Trinajstić information content (AvgIpc) is 2.90. The fourth-order valence-corrected chi connectivity index (χ4v) is 4.34. The standard InChI is InChI=1S/C17H34N2/c1-13(2)15-9-10-16(18-3)17(11-15)19(4)12-14-7-5-6-8-14/h13-18H,5-12H2,1-4H3. The molecule has 112 valence electrons. The zero-order chi connectivity index (χ0) is 13.8. The van der Waals surface area contributed by atoms with Crippen molar-refractivity contribution in [2.75, 3.05) is 20.6 Å². The zero-order valence-corrected chi connectivity index (χ0v) is 13.5. The van der Waals surface area contributed by atoms with Crippen LogP contribution in [0.15, 0.2) is 0 Å². The van der Waals surface area contributed by atoms with E-state index in [1.54, 1.807) is 0 Å². The Bertz CT molecular complexity index is 258. The summed E-state index contributed by atoms with van der Waals surface area (Å²) in [6.45, 7) is 6.13. The van der Waals surface area contributed by atoms with Crippen molar-refractivity contribution in [2.45, 2.75) is 70.9 Å². The van der Waals surface area contributed by atoms with Gasteiger partial charge in [0.05, 0.1) is 0 Å². The fraction of sp³-hybridized carbons (Fsp3) is 1.00. The number of nitrogens with zero attached hydrogens (tertiary/aromatic N) is 1. The van der Waals surface area contributed by atoms with Crippen molar-refractivity contribution in [1.82, 2.24) is 10.2 Å². The molecule has 3 atom stereocenters. The van der Waals surface area contributed by atoms with E-state index < -0.39 is 0 Å². The Balaban J connectivity index is 1.92. The predicted octanol–water partition coefficient (Wildman–Crippen LogP) is 3.52. The maximum Gasteiger partial charge on any atom is 0.0249 e. The summed E-state index contributed by atoms with van der Waals surface area (Å²) in [5, 5.41) is 3.58. The largest absolute Gasteiger partial charge is 0.315 e. The molecule has 0 amide bonds. The van der Waals surface area contributed by atoms with E-state index >= 15 is 0 Å². The van der Waals surface area contributed by atoms with Gasteiger partial charge in [0.15, 0.2) is 0 Å². The van der Waals surface area contributed by atoms with Gasteiger partial charge in [-0.3, -0.25) is 0 Å². The van der Waals surface area contributed by atoms with Gasteiger partial charge in [0.2, 0.25) is 0 Å². The van der Waals surface area contributed by atoms with Gasteiger partial charge in [-0.15, -0.1) is 0 Å². The molecule has 2 saturated carbocycles.